The zero-order valence-corrected chi connectivity index (χ0v) is 17.7. The first-order valence-electron chi connectivity index (χ1n) is 10.5. The summed E-state index contributed by atoms with van der Waals surface area (Å²) >= 11 is 0. The molecule has 31 heavy (non-hydrogen) atoms. The van der Waals surface area contributed by atoms with Crippen molar-refractivity contribution in [3.05, 3.63) is 71.7 Å². The maximum absolute atomic E-state index is 7.82. The van der Waals surface area contributed by atoms with Gasteiger partial charge in [-0.15, -0.1) is 0 Å². The summed E-state index contributed by atoms with van der Waals surface area (Å²) in [6.07, 6.45) is 6.69. The molecule has 0 aliphatic heterocycles. The van der Waals surface area contributed by atoms with E-state index in [4.69, 9.17) is 10.4 Å². The zero-order chi connectivity index (χ0) is 21.4. The van der Waals surface area contributed by atoms with E-state index in [9.17, 15) is 0 Å². The van der Waals surface area contributed by atoms with Gasteiger partial charge in [0.1, 0.15) is 11.6 Å². The molecule has 1 aliphatic carbocycles. The molecule has 1 aliphatic rings. The van der Waals surface area contributed by atoms with Crippen LogP contribution in [0.15, 0.2) is 54.7 Å². The summed E-state index contributed by atoms with van der Waals surface area (Å²) in [4.78, 5) is 18.4. The summed E-state index contributed by atoms with van der Waals surface area (Å²) in [5.74, 6) is 1.39. The Morgan fingerprint density at radius 3 is 2.45 bits per heavy atom. The SMILES string of the molecule is Cc1nc(Nc2ccc(C3(C=N)CCC3)cc2)c2ccc(-c3ncccc3C)nc2n1. The number of benzene rings is 1. The van der Waals surface area contributed by atoms with Gasteiger partial charge >= 0.3 is 0 Å². The van der Waals surface area contributed by atoms with Crippen LogP contribution < -0.4 is 5.32 Å². The van der Waals surface area contributed by atoms with E-state index in [1.54, 1.807) is 12.4 Å². The van der Waals surface area contributed by atoms with E-state index in [0.29, 0.717) is 11.5 Å². The maximum atomic E-state index is 7.82. The third-order valence-corrected chi connectivity index (χ3v) is 6.17. The first-order valence-corrected chi connectivity index (χ1v) is 10.5. The summed E-state index contributed by atoms with van der Waals surface area (Å²) in [5.41, 5.74) is 5.48. The number of rotatable bonds is 5. The molecule has 0 unspecified atom stereocenters. The van der Waals surface area contributed by atoms with Crippen LogP contribution >= 0.6 is 0 Å². The van der Waals surface area contributed by atoms with E-state index >= 15 is 0 Å². The lowest BCUT2D eigenvalue weighted by atomic mass is 9.65. The molecule has 1 saturated carbocycles. The highest BCUT2D eigenvalue weighted by molar-refractivity contribution is 5.90. The van der Waals surface area contributed by atoms with Crippen molar-refractivity contribution in [2.45, 2.75) is 38.5 Å². The molecular weight excluding hydrogens is 384 g/mol. The van der Waals surface area contributed by atoms with Crippen LogP contribution in [-0.4, -0.2) is 26.2 Å². The van der Waals surface area contributed by atoms with Crippen LogP contribution in [0.5, 0.6) is 0 Å². The first kappa shape index (κ1) is 19.3. The van der Waals surface area contributed by atoms with E-state index in [1.165, 1.54) is 12.0 Å². The van der Waals surface area contributed by atoms with Gasteiger partial charge in [-0.3, -0.25) is 4.98 Å². The number of nitrogens with zero attached hydrogens (tertiary/aromatic N) is 4. The van der Waals surface area contributed by atoms with Crippen molar-refractivity contribution in [2.24, 2.45) is 0 Å². The van der Waals surface area contributed by atoms with Gasteiger partial charge in [0.05, 0.1) is 16.8 Å². The third-order valence-electron chi connectivity index (χ3n) is 6.17. The van der Waals surface area contributed by atoms with Crippen molar-refractivity contribution in [3.8, 4) is 11.4 Å². The Morgan fingerprint density at radius 1 is 0.968 bits per heavy atom. The number of nitrogens with one attached hydrogen (secondary N) is 2. The summed E-state index contributed by atoms with van der Waals surface area (Å²) < 4.78 is 0. The Morgan fingerprint density at radius 2 is 1.77 bits per heavy atom. The largest absolute Gasteiger partial charge is 0.340 e. The average Bonchev–Trinajstić information content (AvgIpc) is 2.74. The molecule has 154 valence electrons. The second-order valence-electron chi connectivity index (χ2n) is 8.21. The molecule has 0 radical (unpaired) electrons. The summed E-state index contributed by atoms with van der Waals surface area (Å²) in [7, 11) is 0. The molecule has 0 spiro atoms. The van der Waals surface area contributed by atoms with Crippen molar-refractivity contribution in [3.63, 3.8) is 0 Å². The molecule has 2 N–H and O–H groups in total. The number of aryl methyl sites for hydroxylation is 2. The highest BCUT2D eigenvalue weighted by Gasteiger charge is 2.36. The highest BCUT2D eigenvalue weighted by Crippen LogP contribution is 2.42. The van der Waals surface area contributed by atoms with Crippen molar-refractivity contribution >= 4 is 28.8 Å². The molecular formula is C25H24N6. The van der Waals surface area contributed by atoms with Crippen LogP contribution in [0.2, 0.25) is 0 Å². The topological polar surface area (TPSA) is 87.4 Å². The van der Waals surface area contributed by atoms with Crippen molar-refractivity contribution in [1.82, 2.24) is 19.9 Å². The zero-order valence-electron chi connectivity index (χ0n) is 17.7. The highest BCUT2D eigenvalue weighted by atomic mass is 15.1. The monoisotopic (exact) mass is 408 g/mol. The van der Waals surface area contributed by atoms with Crippen LogP contribution in [0, 0.1) is 19.3 Å². The van der Waals surface area contributed by atoms with Crippen LogP contribution in [0.1, 0.15) is 36.2 Å². The molecule has 1 aromatic carbocycles. The Bertz CT molecular complexity index is 1280. The number of anilines is 2. The van der Waals surface area contributed by atoms with Crippen molar-refractivity contribution in [1.29, 1.82) is 5.41 Å². The fourth-order valence-electron chi connectivity index (χ4n) is 4.20. The minimum atomic E-state index is -0.0688. The number of hydrogen-bond acceptors (Lipinski definition) is 6. The number of aromatic nitrogens is 4. The molecule has 0 bridgehead atoms. The van der Waals surface area contributed by atoms with Gasteiger partial charge in [-0.05, 0) is 68.1 Å². The first-order chi connectivity index (χ1) is 15.1. The molecule has 0 atom stereocenters. The fraction of sp³-hybridized carbons (Fsp3) is 0.240. The fourth-order valence-corrected chi connectivity index (χ4v) is 4.20. The normalized spacial score (nSPS) is 14.8. The Labute approximate surface area is 181 Å². The Hall–Kier alpha value is -3.67. The van der Waals surface area contributed by atoms with Crippen LogP contribution in [0.25, 0.3) is 22.4 Å². The van der Waals surface area contributed by atoms with E-state index in [1.807, 2.05) is 38.1 Å². The molecule has 1 fully saturated rings. The predicted molar refractivity (Wildman–Crippen MR) is 124 cm³/mol. The second kappa shape index (κ2) is 7.54. The Balaban J connectivity index is 1.49. The predicted octanol–water partition coefficient (Wildman–Crippen LogP) is 5.52. The minimum absolute atomic E-state index is 0.0688. The van der Waals surface area contributed by atoms with Gasteiger partial charge in [-0.2, -0.15) is 0 Å². The third kappa shape index (κ3) is 3.44. The number of hydrogen-bond donors (Lipinski definition) is 2. The average molecular weight is 409 g/mol. The van der Waals surface area contributed by atoms with E-state index in [-0.39, 0.29) is 5.41 Å². The lowest BCUT2D eigenvalue weighted by Crippen LogP contribution is -2.35. The van der Waals surface area contributed by atoms with E-state index < -0.39 is 0 Å². The molecule has 5 rings (SSSR count). The van der Waals surface area contributed by atoms with Crippen molar-refractivity contribution < 1.29 is 0 Å². The lowest BCUT2D eigenvalue weighted by molar-refractivity contribution is 0.347. The second-order valence-corrected chi connectivity index (χ2v) is 8.21. The van der Waals surface area contributed by atoms with Gasteiger partial charge < -0.3 is 10.7 Å². The lowest BCUT2D eigenvalue weighted by Gasteiger charge is -2.38. The summed E-state index contributed by atoms with van der Waals surface area (Å²) in [5, 5.41) is 12.1. The van der Waals surface area contributed by atoms with E-state index in [2.05, 4.69) is 44.5 Å². The Kier molecular flexibility index (Phi) is 4.70. The van der Waals surface area contributed by atoms with Gasteiger partial charge in [-0.1, -0.05) is 24.6 Å². The number of pyridine rings is 2. The molecule has 0 saturated heterocycles. The van der Waals surface area contributed by atoms with Gasteiger partial charge in [0, 0.05) is 23.5 Å². The molecule has 3 heterocycles. The van der Waals surface area contributed by atoms with Crippen LogP contribution in [0.3, 0.4) is 0 Å². The van der Waals surface area contributed by atoms with Crippen molar-refractivity contribution in [2.75, 3.05) is 5.32 Å². The molecule has 0 amide bonds. The molecule has 3 aromatic heterocycles. The van der Waals surface area contributed by atoms with Gasteiger partial charge in [0.15, 0.2) is 5.65 Å². The van der Waals surface area contributed by atoms with Crippen LogP contribution in [-0.2, 0) is 5.41 Å². The maximum Gasteiger partial charge on any atom is 0.165 e. The van der Waals surface area contributed by atoms with Gasteiger partial charge in [-0.25, -0.2) is 15.0 Å². The smallest absolute Gasteiger partial charge is 0.165 e. The molecule has 6 heteroatoms. The molecule has 6 nitrogen and oxygen atoms in total. The van der Waals surface area contributed by atoms with Gasteiger partial charge in [0.2, 0.25) is 0 Å². The molecule has 4 aromatic rings. The summed E-state index contributed by atoms with van der Waals surface area (Å²) in [6.45, 7) is 3.90. The summed E-state index contributed by atoms with van der Waals surface area (Å²) in [6, 6.07) is 16.3. The standard InChI is InChI=1S/C25H24N6/c1-16-5-3-14-27-22(16)21-11-10-20-23(28-17(2)29-24(20)31-21)30-19-8-6-18(7-9-19)25(15-26)12-4-13-25/h3,5-11,14-15,26H,4,12-13H2,1-2H3,(H,28,29,30,31). The van der Waals surface area contributed by atoms with E-state index in [0.717, 1.165) is 46.7 Å². The van der Waals surface area contributed by atoms with Crippen LogP contribution in [0.4, 0.5) is 11.5 Å². The number of fused-ring (bicyclic) bond motifs is 1. The minimum Gasteiger partial charge on any atom is -0.340 e. The quantitative estimate of drug-likeness (QED) is 0.425. The van der Waals surface area contributed by atoms with Gasteiger partial charge in [0.25, 0.3) is 0 Å².